The van der Waals surface area contributed by atoms with Gasteiger partial charge in [-0.05, 0) is 42.2 Å². The van der Waals surface area contributed by atoms with E-state index in [2.05, 4.69) is 0 Å². The Hall–Kier alpha value is -2.04. The van der Waals surface area contributed by atoms with Crippen LogP contribution < -0.4 is 4.74 Å². The van der Waals surface area contributed by atoms with Crippen molar-refractivity contribution in [3.63, 3.8) is 0 Å². The molecule has 0 aliphatic rings. The van der Waals surface area contributed by atoms with Gasteiger partial charge in [-0.1, -0.05) is 53.7 Å². The standard InChI is InChI=1S/C22H34O5/c1-13(2)10-17(21(23)24)16-8-7-9-19(27-12-15(5)6)20(16)18(22(25)26)11-14(3)4/h7-9,13-15,17-18H,10-12H2,1-6H3,(H,23,24)(H,25,26). The highest BCUT2D eigenvalue weighted by Gasteiger charge is 2.32. The van der Waals surface area contributed by atoms with E-state index in [1.54, 1.807) is 18.2 Å². The van der Waals surface area contributed by atoms with Crippen LogP contribution in [0.25, 0.3) is 0 Å². The van der Waals surface area contributed by atoms with Gasteiger partial charge in [0, 0.05) is 5.56 Å². The SMILES string of the molecule is CC(C)COc1cccc(C(CC(C)C)C(=O)O)c1C(CC(C)C)C(=O)O. The molecule has 0 aliphatic heterocycles. The van der Waals surface area contributed by atoms with Crippen LogP contribution in [0.15, 0.2) is 18.2 Å². The second-order valence-electron chi connectivity index (χ2n) is 8.50. The maximum Gasteiger partial charge on any atom is 0.311 e. The third kappa shape index (κ3) is 6.89. The molecule has 0 aromatic heterocycles. The molecular formula is C22H34O5. The van der Waals surface area contributed by atoms with Crippen molar-refractivity contribution >= 4 is 11.9 Å². The summed E-state index contributed by atoms with van der Waals surface area (Å²) in [4.78, 5) is 24.1. The number of aliphatic carboxylic acids is 2. The van der Waals surface area contributed by atoms with E-state index in [0.29, 0.717) is 36.3 Å². The van der Waals surface area contributed by atoms with Crippen LogP contribution in [0.4, 0.5) is 0 Å². The van der Waals surface area contributed by atoms with E-state index < -0.39 is 23.8 Å². The zero-order valence-electron chi connectivity index (χ0n) is 17.4. The predicted octanol–water partition coefficient (Wildman–Crippen LogP) is 5.15. The third-order valence-electron chi connectivity index (χ3n) is 4.41. The van der Waals surface area contributed by atoms with Crippen LogP contribution in [0.2, 0.25) is 0 Å². The van der Waals surface area contributed by atoms with Crippen LogP contribution in [-0.2, 0) is 9.59 Å². The number of hydrogen-bond acceptors (Lipinski definition) is 3. The molecule has 5 nitrogen and oxygen atoms in total. The fraction of sp³-hybridized carbons (Fsp3) is 0.636. The molecule has 0 heterocycles. The van der Waals surface area contributed by atoms with Gasteiger partial charge in [-0.25, -0.2) is 0 Å². The second kappa shape index (κ2) is 10.3. The molecule has 0 saturated heterocycles. The summed E-state index contributed by atoms with van der Waals surface area (Å²) in [5, 5.41) is 19.7. The van der Waals surface area contributed by atoms with Crippen LogP contribution >= 0.6 is 0 Å². The lowest BCUT2D eigenvalue weighted by Crippen LogP contribution is -2.22. The van der Waals surface area contributed by atoms with Crippen LogP contribution in [0.3, 0.4) is 0 Å². The Labute approximate surface area is 162 Å². The summed E-state index contributed by atoms with van der Waals surface area (Å²) in [5.74, 6) is -2.32. The molecule has 0 saturated carbocycles. The first kappa shape index (κ1) is 23.0. The van der Waals surface area contributed by atoms with Gasteiger partial charge in [-0.15, -0.1) is 0 Å². The maximum absolute atomic E-state index is 12.1. The average molecular weight is 379 g/mol. The first-order valence-electron chi connectivity index (χ1n) is 9.75. The largest absolute Gasteiger partial charge is 0.493 e. The zero-order chi connectivity index (χ0) is 20.7. The predicted molar refractivity (Wildman–Crippen MR) is 106 cm³/mol. The Balaban J connectivity index is 3.58. The highest BCUT2D eigenvalue weighted by molar-refractivity contribution is 5.82. The fourth-order valence-corrected chi connectivity index (χ4v) is 3.27. The number of ether oxygens (including phenoxy) is 1. The summed E-state index contributed by atoms with van der Waals surface area (Å²) in [6.07, 6.45) is 0.877. The van der Waals surface area contributed by atoms with E-state index in [0.717, 1.165) is 0 Å². The highest BCUT2D eigenvalue weighted by Crippen LogP contribution is 2.40. The smallest absolute Gasteiger partial charge is 0.311 e. The summed E-state index contributed by atoms with van der Waals surface area (Å²) in [7, 11) is 0. The molecule has 0 spiro atoms. The molecule has 0 radical (unpaired) electrons. The molecule has 5 heteroatoms. The molecule has 2 N–H and O–H groups in total. The Bertz CT molecular complexity index is 634. The topological polar surface area (TPSA) is 83.8 Å². The van der Waals surface area contributed by atoms with Crippen molar-refractivity contribution in [2.45, 2.75) is 66.2 Å². The van der Waals surface area contributed by atoms with E-state index in [4.69, 9.17) is 4.74 Å². The van der Waals surface area contributed by atoms with Crippen molar-refractivity contribution in [1.29, 1.82) is 0 Å². The first-order chi connectivity index (χ1) is 12.5. The molecule has 0 aliphatic carbocycles. The van der Waals surface area contributed by atoms with Gasteiger partial charge in [0.15, 0.2) is 0 Å². The summed E-state index contributed by atoms with van der Waals surface area (Å²) < 4.78 is 5.93. The van der Waals surface area contributed by atoms with Gasteiger partial charge >= 0.3 is 11.9 Å². The second-order valence-corrected chi connectivity index (χ2v) is 8.50. The molecule has 27 heavy (non-hydrogen) atoms. The zero-order valence-corrected chi connectivity index (χ0v) is 17.4. The van der Waals surface area contributed by atoms with Crippen molar-refractivity contribution in [1.82, 2.24) is 0 Å². The van der Waals surface area contributed by atoms with Crippen molar-refractivity contribution in [3.05, 3.63) is 29.3 Å². The van der Waals surface area contributed by atoms with E-state index in [-0.39, 0.29) is 17.8 Å². The number of carboxylic acid groups (broad SMARTS) is 2. The van der Waals surface area contributed by atoms with Gasteiger partial charge in [0.2, 0.25) is 0 Å². The van der Waals surface area contributed by atoms with E-state index in [1.165, 1.54) is 0 Å². The highest BCUT2D eigenvalue weighted by atomic mass is 16.5. The van der Waals surface area contributed by atoms with Crippen LogP contribution in [-0.4, -0.2) is 28.8 Å². The number of hydrogen-bond donors (Lipinski definition) is 2. The monoisotopic (exact) mass is 378 g/mol. The Kier molecular flexibility index (Phi) is 8.80. The lowest BCUT2D eigenvalue weighted by atomic mass is 9.80. The Morgan fingerprint density at radius 3 is 1.81 bits per heavy atom. The average Bonchev–Trinajstić information content (AvgIpc) is 2.54. The number of carboxylic acids is 2. The van der Waals surface area contributed by atoms with Gasteiger partial charge in [0.05, 0.1) is 18.4 Å². The summed E-state index contributed by atoms with van der Waals surface area (Å²) >= 11 is 0. The Morgan fingerprint density at radius 1 is 0.852 bits per heavy atom. The molecule has 1 aromatic rings. The molecule has 1 aromatic carbocycles. The fourth-order valence-electron chi connectivity index (χ4n) is 3.27. The quantitative estimate of drug-likeness (QED) is 0.556. The van der Waals surface area contributed by atoms with Crippen LogP contribution in [0.1, 0.15) is 77.3 Å². The molecule has 1 rings (SSSR count). The normalized spacial score (nSPS) is 13.8. The van der Waals surface area contributed by atoms with E-state index >= 15 is 0 Å². The molecule has 0 bridgehead atoms. The third-order valence-corrected chi connectivity index (χ3v) is 4.41. The summed E-state index contributed by atoms with van der Waals surface area (Å²) in [6.45, 7) is 12.4. The molecule has 2 unspecified atom stereocenters. The summed E-state index contributed by atoms with van der Waals surface area (Å²) in [5.41, 5.74) is 1.08. The number of rotatable bonds is 11. The van der Waals surface area contributed by atoms with Crippen molar-refractivity contribution in [2.24, 2.45) is 17.8 Å². The van der Waals surface area contributed by atoms with Crippen molar-refractivity contribution < 1.29 is 24.5 Å². The molecule has 2 atom stereocenters. The van der Waals surface area contributed by atoms with Crippen molar-refractivity contribution in [2.75, 3.05) is 6.61 Å². The minimum atomic E-state index is -0.945. The van der Waals surface area contributed by atoms with Gasteiger partial charge < -0.3 is 14.9 Å². The molecule has 0 fully saturated rings. The van der Waals surface area contributed by atoms with Gasteiger partial charge in [-0.3, -0.25) is 9.59 Å². The first-order valence-corrected chi connectivity index (χ1v) is 9.75. The van der Waals surface area contributed by atoms with Crippen molar-refractivity contribution in [3.8, 4) is 5.75 Å². The molecular weight excluding hydrogens is 344 g/mol. The van der Waals surface area contributed by atoms with E-state index in [9.17, 15) is 19.8 Å². The van der Waals surface area contributed by atoms with Gasteiger partial charge in [-0.2, -0.15) is 0 Å². The molecule has 152 valence electrons. The lowest BCUT2D eigenvalue weighted by molar-refractivity contribution is -0.140. The minimum absolute atomic E-state index is 0.158. The maximum atomic E-state index is 12.1. The Morgan fingerprint density at radius 2 is 1.37 bits per heavy atom. The number of carbonyl (C=O) groups is 2. The van der Waals surface area contributed by atoms with Crippen LogP contribution in [0.5, 0.6) is 5.75 Å². The summed E-state index contributed by atoms with van der Waals surface area (Å²) in [6, 6.07) is 5.26. The van der Waals surface area contributed by atoms with Gasteiger partial charge in [0.25, 0.3) is 0 Å². The molecule has 0 amide bonds. The minimum Gasteiger partial charge on any atom is -0.493 e. The number of benzene rings is 1. The van der Waals surface area contributed by atoms with E-state index in [1.807, 2.05) is 41.5 Å². The van der Waals surface area contributed by atoms with Gasteiger partial charge in [0.1, 0.15) is 5.75 Å². The lowest BCUT2D eigenvalue weighted by Gasteiger charge is -2.26. The van der Waals surface area contributed by atoms with Crippen LogP contribution in [0, 0.1) is 17.8 Å².